The molecule has 1 aromatic carbocycles. The van der Waals surface area contributed by atoms with E-state index in [1.54, 1.807) is 0 Å². The van der Waals surface area contributed by atoms with Gasteiger partial charge in [0.25, 0.3) is 11.8 Å². The summed E-state index contributed by atoms with van der Waals surface area (Å²) in [6, 6.07) is 3.23. The van der Waals surface area contributed by atoms with Crippen LogP contribution in [0.2, 0.25) is 0 Å². The molecule has 0 aliphatic carbocycles. The van der Waals surface area contributed by atoms with Gasteiger partial charge in [-0.15, -0.1) is 0 Å². The number of nitrogens with zero attached hydrogens (tertiary/aromatic N) is 2. The summed E-state index contributed by atoms with van der Waals surface area (Å²) in [5, 5.41) is 0. The Morgan fingerprint density at radius 1 is 1.23 bits per heavy atom. The Labute approximate surface area is 124 Å². The standard InChI is InChI=1S/C14H12F2N2O4/c15-9-2-1-3-10(16)12(9)13(20)17-4-8(5-17)6-18-11(19)7-22-14(18)21/h1-3,8H,4-7H2. The number of benzene rings is 1. The van der Waals surface area contributed by atoms with E-state index in [1.807, 2.05) is 0 Å². The van der Waals surface area contributed by atoms with Crippen molar-refractivity contribution < 1.29 is 27.9 Å². The van der Waals surface area contributed by atoms with Crippen LogP contribution in [0.4, 0.5) is 13.6 Å². The van der Waals surface area contributed by atoms with E-state index in [2.05, 4.69) is 4.74 Å². The predicted molar refractivity (Wildman–Crippen MR) is 68.8 cm³/mol. The van der Waals surface area contributed by atoms with E-state index in [-0.39, 0.29) is 32.2 Å². The number of cyclic esters (lactones) is 1. The quantitative estimate of drug-likeness (QED) is 0.836. The fraction of sp³-hybridized carbons (Fsp3) is 0.357. The molecule has 0 bridgehead atoms. The average molecular weight is 310 g/mol. The number of halogens is 2. The number of imide groups is 1. The Hall–Kier alpha value is -2.51. The normalized spacial score (nSPS) is 18.5. The molecule has 0 unspecified atom stereocenters. The minimum absolute atomic E-state index is 0.117. The van der Waals surface area contributed by atoms with E-state index >= 15 is 0 Å². The molecule has 3 amide bonds. The SMILES string of the molecule is O=C(c1c(F)cccc1F)N1CC(CN2C(=O)COC2=O)C1. The first-order valence-corrected chi connectivity index (χ1v) is 6.67. The number of carbonyl (C=O) groups is 3. The maximum atomic E-state index is 13.5. The highest BCUT2D eigenvalue weighted by Gasteiger charge is 2.39. The van der Waals surface area contributed by atoms with Gasteiger partial charge in [0.15, 0.2) is 6.61 Å². The van der Waals surface area contributed by atoms with Gasteiger partial charge in [0.2, 0.25) is 0 Å². The van der Waals surface area contributed by atoms with Crippen molar-refractivity contribution in [1.29, 1.82) is 0 Å². The highest BCUT2D eigenvalue weighted by molar-refractivity contribution is 5.98. The number of carbonyl (C=O) groups excluding carboxylic acids is 3. The van der Waals surface area contributed by atoms with Crippen molar-refractivity contribution in [2.24, 2.45) is 5.92 Å². The lowest BCUT2D eigenvalue weighted by Gasteiger charge is -2.40. The summed E-state index contributed by atoms with van der Waals surface area (Å²) in [5.74, 6) is -3.09. The fourth-order valence-corrected chi connectivity index (χ4v) is 2.53. The van der Waals surface area contributed by atoms with Crippen molar-refractivity contribution in [2.45, 2.75) is 0 Å². The molecule has 22 heavy (non-hydrogen) atoms. The number of likely N-dealkylation sites (tertiary alicyclic amines) is 1. The maximum Gasteiger partial charge on any atom is 0.417 e. The maximum absolute atomic E-state index is 13.5. The molecule has 2 fully saturated rings. The summed E-state index contributed by atoms with van der Waals surface area (Å²) in [7, 11) is 0. The van der Waals surface area contributed by atoms with Gasteiger partial charge < -0.3 is 9.64 Å². The molecule has 2 aliphatic rings. The number of hydrogen-bond donors (Lipinski definition) is 0. The third kappa shape index (κ3) is 2.40. The van der Waals surface area contributed by atoms with Crippen LogP contribution in [0.1, 0.15) is 10.4 Å². The minimum atomic E-state index is -0.910. The number of amides is 3. The highest BCUT2D eigenvalue weighted by atomic mass is 19.1. The summed E-state index contributed by atoms with van der Waals surface area (Å²) in [5.41, 5.74) is -0.586. The van der Waals surface area contributed by atoms with E-state index in [0.717, 1.165) is 17.0 Å². The van der Waals surface area contributed by atoms with Gasteiger partial charge in [-0.1, -0.05) is 6.07 Å². The molecule has 116 valence electrons. The first-order chi connectivity index (χ1) is 10.5. The molecule has 2 saturated heterocycles. The molecule has 0 atom stereocenters. The van der Waals surface area contributed by atoms with Gasteiger partial charge in [0.05, 0.1) is 0 Å². The molecule has 3 rings (SSSR count). The van der Waals surface area contributed by atoms with E-state index in [1.165, 1.54) is 11.0 Å². The van der Waals surface area contributed by atoms with Crippen LogP contribution in [-0.4, -0.2) is 53.9 Å². The third-order valence-electron chi connectivity index (χ3n) is 3.70. The van der Waals surface area contributed by atoms with Gasteiger partial charge in [-0.05, 0) is 12.1 Å². The zero-order valence-electron chi connectivity index (χ0n) is 11.4. The molecule has 0 N–H and O–H groups in total. The van der Waals surface area contributed by atoms with E-state index < -0.39 is 35.1 Å². The van der Waals surface area contributed by atoms with Crippen LogP contribution >= 0.6 is 0 Å². The minimum Gasteiger partial charge on any atom is -0.439 e. The van der Waals surface area contributed by atoms with Crippen LogP contribution in [0.3, 0.4) is 0 Å². The number of hydrogen-bond acceptors (Lipinski definition) is 4. The molecule has 8 heteroatoms. The Kier molecular flexibility index (Phi) is 3.51. The van der Waals surface area contributed by atoms with E-state index in [9.17, 15) is 23.2 Å². The first-order valence-electron chi connectivity index (χ1n) is 6.67. The molecular formula is C14H12F2N2O4. The smallest absolute Gasteiger partial charge is 0.417 e. The van der Waals surface area contributed by atoms with Gasteiger partial charge in [-0.2, -0.15) is 0 Å². The van der Waals surface area contributed by atoms with Gasteiger partial charge in [-0.25, -0.2) is 18.5 Å². The molecular weight excluding hydrogens is 298 g/mol. The molecule has 0 aromatic heterocycles. The summed E-state index contributed by atoms with van der Waals surface area (Å²) < 4.78 is 31.7. The molecule has 1 aromatic rings. The lowest BCUT2D eigenvalue weighted by atomic mass is 9.98. The first kappa shape index (κ1) is 14.4. The molecule has 6 nitrogen and oxygen atoms in total. The zero-order valence-corrected chi connectivity index (χ0v) is 11.4. The molecule has 0 saturated carbocycles. The second-order valence-corrected chi connectivity index (χ2v) is 5.23. The number of ether oxygens (including phenoxy) is 1. The Morgan fingerprint density at radius 2 is 1.86 bits per heavy atom. The van der Waals surface area contributed by atoms with E-state index in [4.69, 9.17) is 0 Å². The highest BCUT2D eigenvalue weighted by Crippen LogP contribution is 2.23. The van der Waals surface area contributed by atoms with Crippen molar-refractivity contribution >= 4 is 17.9 Å². The van der Waals surface area contributed by atoms with Crippen molar-refractivity contribution in [3.05, 3.63) is 35.4 Å². The van der Waals surface area contributed by atoms with Crippen LogP contribution in [0, 0.1) is 17.6 Å². The molecule has 2 heterocycles. The van der Waals surface area contributed by atoms with Crippen LogP contribution in [0.25, 0.3) is 0 Å². The third-order valence-corrected chi connectivity index (χ3v) is 3.70. The second-order valence-electron chi connectivity index (χ2n) is 5.23. The molecule has 0 radical (unpaired) electrons. The van der Waals surface area contributed by atoms with Crippen LogP contribution in [0.15, 0.2) is 18.2 Å². The van der Waals surface area contributed by atoms with Crippen molar-refractivity contribution in [1.82, 2.24) is 9.80 Å². The predicted octanol–water partition coefficient (Wildman–Crippen LogP) is 1.02. The molecule has 0 spiro atoms. The van der Waals surface area contributed by atoms with Gasteiger partial charge in [0, 0.05) is 25.6 Å². The van der Waals surface area contributed by atoms with Gasteiger partial charge in [-0.3, -0.25) is 9.59 Å². The van der Waals surface area contributed by atoms with Crippen LogP contribution in [0.5, 0.6) is 0 Å². The summed E-state index contributed by atoms with van der Waals surface area (Å²) >= 11 is 0. The summed E-state index contributed by atoms with van der Waals surface area (Å²) in [6.45, 7) is 0.323. The van der Waals surface area contributed by atoms with Crippen LogP contribution in [-0.2, 0) is 9.53 Å². The monoisotopic (exact) mass is 310 g/mol. The Bertz CT molecular complexity index is 622. The Balaban J connectivity index is 1.60. The summed E-state index contributed by atoms with van der Waals surface area (Å²) in [6.07, 6.45) is -0.699. The fourth-order valence-electron chi connectivity index (χ4n) is 2.53. The van der Waals surface area contributed by atoms with Crippen molar-refractivity contribution in [3.8, 4) is 0 Å². The lowest BCUT2D eigenvalue weighted by molar-refractivity contribution is -0.126. The zero-order chi connectivity index (χ0) is 15.9. The topological polar surface area (TPSA) is 66.9 Å². The van der Waals surface area contributed by atoms with Crippen molar-refractivity contribution in [3.63, 3.8) is 0 Å². The number of rotatable bonds is 3. The largest absolute Gasteiger partial charge is 0.439 e. The Morgan fingerprint density at radius 3 is 2.41 bits per heavy atom. The van der Waals surface area contributed by atoms with Gasteiger partial charge >= 0.3 is 6.09 Å². The van der Waals surface area contributed by atoms with Crippen LogP contribution < -0.4 is 0 Å². The lowest BCUT2D eigenvalue weighted by Crippen LogP contribution is -2.54. The van der Waals surface area contributed by atoms with E-state index in [0.29, 0.717) is 0 Å². The second kappa shape index (κ2) is 5.36. The van der Waals surface area contributed by atoms with Gasteiger partial charge in [0.1, 0.15) is 17.2 Å². The summed E-state index contributed by atoms with van der Waals surface area (Å²) in [4.78, 5) is 37.0. The average Bonchev–Trinajstić information content (AvgIpc) is 2.73. The van der Waals surface area contributed by atoms with Crippen molar-refractivity contribution in [2.75, 3.05) is 26.2 Å². The molecule has 2 aliphatic heterocycles.